The molecule has 0 N–H and O–H groups in total. The Morgan fingerprint density at radius 1 is 1.21 bits per heavy atom. The predicted molar refractivity (Wildman–Crippen MR) is 104 cm³/mol. The van der Waals surface area contributed by atoms with Crippen molar-refractivity contribution >= 4 is 17.7 Å². The molecule has 140 valence electrons. The van der Waals surface area contributed by atoms with Crippen LogP contribution in [0.15, 0.2) is 0 Å². The van der Waals surface area contributed by atoms with Gasteiger partial charge in [-0.2, -0.15) is 11.8 Å². The molecule has 0 saturated heterocycles. The minimum Gasteiger partial charge on any atom is -0.466 e. The molecule has 3 atom stereocenters. The number of carbonyl (C=O) groups is 1. The van der Waals surface area contributed by atoms with Crippen molar-refractivity contribution in [2.24, 2.45) is 22.7 Å². The lowest BCUT2D eigenvalue weighted by molar-refractivity contribution is -0.143. The summed E-state index contributed by atoms with van der Waals surface area (Å²) in [5.74, 6) is 2.59. The number of esters is 1. The molecule has 2 nitrogen and oxygen atoms in total. The zero-order valence-electron chi connectivity index (χ0n) is 16.5. The summed E-state index contributed by atoms with van der Waals surface area (Å²) in [7, 11) is 0. The molecule has 3 heteroatoms. The highest BCUT2D eigenvalue weighted by molar-refractivity contribution is 7.99. The molecule has 0 heterocycles. The van der Waals surface area contributed by atoms with Crippen molar-refractivity contribution < 1.29 is 9.53 Å². The van der Waals surface area contributed by atoms with Crippen LogP contribution < -0.4 is 0 Å². The molecule has 24 heavy (non-hydrogen) atoms. The summed E-state index contributed by atoms with van der Waals surface area (Å²) >= 11 is 2.03. The van der Waals surface area contributed by atoms with Gasteiger partial charge in [-0.3, -0.25) is 4.79 Å². The molecule has 0 aromatic rings. The van der Waals surface area contributed by atoms with Gasteiger partial charge in [0, 0.05) is 11.0 Å². The van der Waals surface area contributed by atoms with Gasteiger partial charge in [-0.15, -0.1) is 0 Å². The van der Waals surface area contributed by atoms with Gasteiger partial charge in [0.1, 0.15) is 0 Å². The van der Waals surface area contributed by atoms with E-state index >= 15 is 0 Å². The number of unbranched alkanes of at least 4 members (excludes halogenated alkanes) is 2. The van der Waals surface area contributed by atoms with E-state index in [2.05, 4.69) is 34.6 Å². The fraction of sp³-hybridized carbons (Fsp3) is 0.952. The minimum atomic E-state index is -0.000991. The van der Waals surface area contributed by atoms with E-state index in [1.807, 2.05) is 11.8 Å². The normalized spacial score (nSPS) is 30.9. The van der Waals surface area contributed by atoms with E-state index in [9.17, 15) is 4.79 Å². The summed E-state index contributed by atoms with van der Waals surface area (Å²) in [4.78, 5) is 11.9. The van der Waals surface area contributed by atoms with E-state index in [-0.39, 0.29) is 5.97 Å². The van der Waals surface area contributed by atoms with Gasteiger partial charge in [0.05, 0.1) is 13.0 Å². The average molecular weight is 355 g/mol. The van der Waals surface area contributed by atoms with Gasteiger partial charge in [-0.25, -0.2) is 0 Å². The van der Waals surface area contributed by atoms with Gasteiger partial charge >= 0.3 is 5.97 Å². The number of ether oxygens (including phenoxy) is 1. The van der Waals surface area contributed by atoms with E-state index < -0.39 is 0 Å². The van der Waals surface area contributed by atoms with Crippen LogP contribution in [-0.4, -0.2) is 23.6 Å². The topological polar surface area (TPSA) is 26.3 Å². The third-order valence-electron chi connectivity index (χ3n) is 7.03. The summed E-state index contributed by atoms with van der Waals surface area (Å²) in [5, 5.41) is 0.732. The largest absolute Gasteiger partial charge is 0.466 e. The van der Waals surface area contributed by atoms with Crippen LogP contribution >= 0.6 is 11.8 Å². The Bertz CT molecular complexity index is 418. The SMILES string of the molecule is CC(C)CCCCCOC(=O)CCSC1CC2CCC1(C)C2(C)C. The van der Waals surface area contributed by atoms with Crippen LogP contribution in [0.3, 0.4) is 0 Å². The lowest BCUT2D eigenvalue weighted by Crippen LogP contribution is -2.34. The molecule has 0 aliphatic heterocycles. The Hall–Kier alpha value is -0.180. The molecule has 0 aromatic carbocycles. The second-order valence-electron chi connectivity index (χ2n) is 9.18. The van der Waals surface area contributed by atoms with Crippen molar-refractivity contribution in [2.45, 2.75) is 91.2 Å². The van der Waals surface area contributed by atoms with E-state index in [0.717, 1.165) is 29.3 Å². The molecule has 2 aliphatic rings. The Balaban J connectivity index is 1.56. The number of thioether (sulfide) groups is 1. The second kappa shape index (κ2) is 8.47. The van der Waals surface area contributed by atoms with E-state index in [0.29, 0.717) is 23.9 Å². The predicted octanol–water partition coefficient (Wildman–Crippen LogP) is 6.08. The molecule has 2 saturated carbocycles. The van der Waals surface area contributed by atoms with Crippen molar-refractivity contribution in [3.05, 3.63) is 0 Å². The van der Waals surface area contributed by atoms with Crippen molar-refractivity contribution in [2.75, 3.05) is 12.4 Å². The summed E-state index contributed by atoms with van der Waals surface area (Å²) in [5.41, 5.74) is 0.934. The van der Waals surface area contributed by atoms with Crippen LogP contribution in [0, 0.1) is 22.7 Å². The van der Waals surface area contributed by atoms with Gasteiger partial charge in [-0.05, 0) is 48.3 Å². The van der Waals surface area contributed by atoms with Crippen LogP contribution in [0.2, 0.25) is 0 Å². The van der Waals surface area contributed by atoms with Gasteiger partial charge in [0.2, 0.25) is 0 Å². The number of fused-ring (bicyclic) bond motifs is 2. The quantitative estimate of drug-likeness (QED) is 0.351. The Morgan fingerprint density at radius 2 is 1.96 bits per heavy atom. The van der Waals surface area contributed by atoms with Crippen molar-refractivity contribution in [1.29, 1.82) is 0 Å². The zero-order valence-corrected chi connectivity index (χ0v) is 17.3. The molecule has 2 bridgehead atoms. The summed E-state index contributed by atoms with van der Waals surface area (Å²) in [6.07, 6.45) is 9.42. The first-order chi connectivity index (χ1) is 11.3. The first-order valence-corrected chi connectivity index (χ1v) is 11.1. The lowest BCUT2D eigenvalue weighted by atomic mass is 9.71. The first-order valence-electron chi connectivity index (χ1n) is 10.0. The Kier molecular flexibility index (Phi) is 7.10. The number of hydrogen-bond acceptors (Lipinski definition) is 3. The maximum atomic E-state index is 11.9. The fourth-order valence-electron chi connectivity index (χ4n) is 4.76. The van der Waals surface area contributed by atoms with Crippen molar-refractivity contribution in [1.82, 2.24) is 0 Å². The highest BCUT2D eigenvalue weighted by Crippen LogP contribution is 2.68. The third kappa shape index (κ3) is 4.51. The van der Waals surface area contributed by atoms with Gasteiger partial charge in [0.25, 0.3) is 0 Å². The van der Waals surface area contributed by atoms with Crippen LogP contribution in [0.5, 0.6) is 0 Å². The first kappa shape index (κ1) is 20.1. The van der Waals surface area contributed by atoms with Crippen LogP contribution in [0.4, 0.5) is 0 Å². The number of hydrogen-bond donors (Lipinski definition) is 0. The second-order valence-corrected chi connectivity index (χ2v) is 10.5. The average Bonchev–Trinajstić information content (AvgIpc) is 2.83. The van der Waals surface area contributed by atoms with Crippen LogP contribution in [0.1, 0.15) is 86.0 Å². The monoisotopic (exact) mass is 354 g/mol. The van der Waals surface area contributed by atoms with Crippen LogP contribution in [-0.2, 0) is 9.53 Å². The maximum Gasteiger partial charge on any atom is 0.306 e. The lowest BCUT2D eigenvalue weighted by Gasteiger charge is -2.39. The van der Waals surface area contributed by atoms with Crippen molar-refractivity contribution in [3.63, 3.8) is 0 Å². The van der Waals surface area contributed by atoms with E-state index in [1.165, 1.54) is 38.5 Å². The highest BCUT2D eigenvalue weighted by atomic mass is 32.2. The minimum absolute atomic E-state index is 0.000991. The number of rotatable bonds is 10. The van der Waals surface area contributed by atoms with Crippen LogP contribution in [0.25, 0.3) is 0 Å². The van der Waals surface area contributed by atoms with Gasteiger partial charge < -0.3 is 4.74 Å². The molecular formula is C21H38O2S. The maximum absolute atomic E-state index is 11.9. The standard InChI is InChI=1S/C21H38O2S/c1-16(2)9-7-6-8-13-23-19(22)11-14-24-18-15-17-10-12-21(18,5)20(17,3)4/h16-18H,6-15H2,1-5H3. The number of carbonyl (C=O) groups excluding carboxylic acids is 1. The molecule has 0 spiro atoms. The molecule has 0 amide bonds. The van der Waals surface area contributed by atoms with Gasteiger partial charge in [-0.1, -0.05) is 53.9 Å². The zero-order chi connectivity index (χ0) is 17.8. The van der Waals surface area contributed by atoms with E-state index in [1.54, 1.807) is 0 Å². The van der Waals surface area contributed by atoms with Gasteiger partial charge in [0.15, 0.2) is 0 Å². The van der Waals surface area contributed by atoms with Crippen molar-refractivity contribution in [3.8, 4) is 0 Å². The molecule has 0 radical (unpaired) electrons. The molecule has 2 rings (SSSR count). The third-order valence-corrected chi connectivity index (χ3v) is 8.58. The molecule has 0 aromatic heterocycles. The Morgan fingerprint density at radius 3 is 2.54 bits per heavy atom. The highest BCUT2D eigenvalue weighted by Gasteiger charge is 2.61. The molecule has 2 fully saturated rings. The summed E-state index contributed by atoms with van der Waals surface area (Å²) < 4.78 is 5.39. The smallest absolute Gasteiger partial charge is 0.306 e. The van der Waals surface area contributed by atoms with E-state index in [4.69, 9.17) is 4.74 Å². The molecule has 3 unspecified atom stereocenters. The molecular weight excluding hydrogens is 316 g/mol. The summed E-state index contributed by atoms with van der Waals surface area (Å²) in [6.45, 7) is 12.5. The fourth-order valence-corrected chi connectivity index (χ4v) is 6.48. The molecule has 2 aliphatic carbocycles. The summed E-state index contributed by atoms with van der Waals surface area (Å²) in [6, 6.07) is 0. The Labute approximate surface area is 153 Å².